The maximum absolute atomic E-state index is 9.13. The lowest BCUT2D eigenvalue weighted by Gasteiger charge is -2.00. The highest BCUT2D eigenvalue weighted by Crippen LogP contribution is 2.36. The fraction of sp³-hybridized carbons (Fsp3) is 0.333. The molecule has 1 aromatic rings. The highest BCUT2D eigenvalue weighted by Gasteiger charge is 2.19. The van der Waals surface area contributed by atoms with Crippen molar-refractivity contribution in [2.45, 2.75) is 6.10 Å². The Kier molecular flexibility index (Phi) is 5.92. The molecule has 1 atom stereocenters. The number of benzene rings is 1. The van der Waals surface area contributed by atoms with Gasteiger partial charge in [-0.2, -0.15) is 0 Å². The van der Waals surface area contributed by atoms with Crippen molar-refractivity contribution in [1.82, 2.24) is 0 Å². The minimum absolute atomic E-state index is 0.232. The molecule has 0 aliphatic carbocycles. The van der Waals surface area contributed by atoms with Gasteiger partial charge in [0, 0.05) is 8.95 Å². The molecular weight excluding hydrogens is 415 g/mol. The first-order valence-corrected chi connectivity index (χ1v) is 6.97. The van der Waals surface area contributed by atoms with Gasteiger partial charge in [-0.05, 0) is 59.9 Å². The average molecular weight is 423 g/mol. The van der Waals surface area contributed by atoms with Gasteiger partial charge in [0.15, 0.2) is 0 Å². The monoisotopic (exact) mass is 420 g/mol. The van der Waals surface area contributed by atoms with Gasteiger partial charge in [0.1, 0.15) is 5.75 Å². The van der Waals surface area contributed by atoms with E-state index in [4.69, 9.17) is 21.4 Å². The summed E-state index contributed by atoms with van der Waals surface area (Å²) in [5, 5.41) is 9.13. The number of epoxide rings is 1. The van der Waals surface area contributed by atoms with Crippen molar-refractivity contribution in [1.29, 1.82) is 0 Å². The molecule has 1 aromatic carbocycles. The highest BCUT2D eigenvalue weighted by atomic mass is 79.9. The molecule has 1 saturated heterocycles. The second kappa shape index (κ2) is 6.45. The Morgan fingerprint density at radius 3 is 2.27 bits per heavy atom. The second-order valence-corrected chi connectivity index (χ2v) is 5.55. The van der Waals surface area contributed by atoms with Gasteiger partial charge in [0.05, 0.1) is 23.1 Å². The van der Waals surface area contributed by atoms with Crippen LogP contribution in [0.25, 0.3) is 0 Å². The van der Waals surface area contributed by atoms with Crippen LogP contribution in [0, 0.1) is 0 Å². The predicted octanol–water partition coefficient (Wildman–Crippen LogP) is 4.30. The third-order valence-electron chi connectivity index (χ3n) is 1.59. The summed E-state index contributed by atoms with van der Waals surface area (Å²) >= 11 is 15.0. The van der Waals surface area contributed by atoms with E-state index in [1.54, 1.807) is 12.1 Å². The van der Waals surface area contributed by atoms with Gasteiger partial charge in [0.2, 0.25) is 0 Å². The van der Waals surface area contributed by atoms with E-state index < -0.39 is 0 Å². The fourth-order valence-electron chi connectivity index (χ4n) is 0.673. The molecule has 1 fully saturated rings. The van der Waals surface area contributed by atoms with Crippen LogP contribution in [0.4, 0.5) is 0 Å². The van der Waals surface area contributed by atoms with E-state index in [9.17, 15) is 0 Å². The van der Waals surface area contributed by atoms with Gasteiger partial charge in [-0.1, -0.05) is 0 Å². The molecule has 0 spiro atoms. The van der Waals surface area contributed by atoms with Gasteiger partial charge in [-0.3, -0.25) is 0 Å². The summed E-state index contributed by atoms with van der Waals surface area (Å²) < 4.78 is 7.13. The van der Waals surface area contributed by atoms with Crippen LogP contribution in [0.3, 0.4) is 0 Å². The lowest BCUT2D eigenvalue weighted by Crippen LogP contribution is -1.80. The minimum atomic E-state index is 0.232. The van der Waals surface area contributed by atoms with E-state index in [1.807, 2.05) is 0 Å². The van der Waals surface area contributed by atoms with Gasteiger partial charge in [-0.25, -0.2) is 0 Å². The maximum atomic E-state index is 9.13. The van der Waals surface area contributed by atoms with E-state index in [1.165, 1.54) is 0 Å². The first-order valence-electron chi connectivity index (χ1n) is 4.06. The molecular formula is C9H8Br3ClO2. The lowest BCUT2D eigenvalue weighted by molar-refractivity contribution is 0.425. The standard InChI is InChI=1S/C6H3Br3O.C3H5ClO/c7-3-1-2-4(10)6(9)5(3)8;4-1-3-2-5-3/h1-2,10H;3H,1-2H2. The van der Waals surface area contributed by atoms with Crippen molar-refractivity contribution >= 4 is 59.4 Å². The Balaban J connectivity index is 0.000000187. The summed E-state index contributed by atoms with van der Waals surface area (Å²) in [6.07, 6.45) is 0.400. The number of aromatic hydroxyl groups is 1. The number of hydrogen-bond acceptors (Lipinski definition) is 2. The molecule has 2 rings (SSSR count). The lowest BCUT2D eigenvalue weighted by atomic mass is 10.3. The van der Waals surface area contributed by atoms with Crippen molar-refractivity contribution in [3.8, 4) is 5.75 Å². The molecule has 0 aromatic heterocycles. The van der Waals surface area contributed by atoms with Crippen LogP contribution >= 0.6 is 59.4 Å². The van der Waals surface area contributed by atoms with Crippen LogP contribution in [-0.2, 0) is 4.74 Å². The Labute approximate surface area is 118 Å². The molecule has 0 radical (unpaired) electrons. The summed E-state index contributed by atoms with van der Waals surface area (Å²) in [5.41, 5.74) is 0. The zero-order valence-electron chi connectivity index (χ0n) is 7.51. The summed E-state index contributed by atoms with van der Waals surface area (Å²) in [6, 6.07) is 3.38. The van der Waals surface area contributed by atoms with Gasteiger partial charge in [0.25, 0.3) is 0 Å². The van der Waals surface area contributed by atoms with Crippen LogP contribution in [0.5, 0.6) is 5.75 Å². The van der Waals surface area contributed by atoms with Crippen LogP contribution in [0.2, 0.25) is 0 Å². The third kappa shape index (κ3) is 4.61. The zero-order valence-corrected chi connectivity index (χ0v) is 13.0. The topological polar surface area (TPSA) is 32.8 Å². The third-order valence-corrected chi connectivity index (χ3v) is 5.28. The van der Waals surface area contributed by atoms with Crippen molar-refractivity contribution < 1.29 is 9.84 Å². The molecule has 15 heavy (non-hydrogen) atoms. The summed E-state index contributed by atoms with van der Waals surface area (Å²) in [6.45, 7) is 0.878. The largest absolute Gasteiger partial charge is 0.507 e. The SMILES string of the molecule is ClCC1CO1.Oc1ccc(Br)c(Br)c1Br. The van der Waals surface area contributed by atoms with Gasteiger partial charge >= 0.3 is 0 Å². The molecule has 1 aliphatic rings. The molecule has 1 N–H and O–H groups in total. The maximum Gasteiger partial charge on any atom is 0.130 e. The quantitative estimate of drug-likeness (QED) is 0.415. The number of phenols is 1. The highest BCUT2D eigenvalue weighted by molar-refractivity contribution is 9.14. The Hall–Kier alpha value is 0.710. The normalized spacial score (nSPS) is 18.0. The number of alkyl halides is 1. The summed E-state index contributed by atoms with van der Waals surface area (Å²) in [5.74, 6) is 0.898. The average Bonchev–Trinajstić information content (AvgIpc) is 3.05. The predicted molar refractivity (Wildman–Crippen MR) is 71.7 cm³/mol. The second-order valence-electron chi connectivity index (χ2n) is 2.80. The van der Waals surface area contributed by atoms with Crippen LogP contribution in [0.15, 0.2) is 25.6 Å². The van der Waals surface area contributed by atoms with Gasteiger partial charge < -0.3 is 9.84 Å². The number of hydrogen-bond donors (Lipinski definition) is 1. The van der Waals surface area contributed by atoms with Crippen molar-refractivity contribution in [3.63, 3.8) is 0 Å². The van der Waals surface area contributed by atoms with Crippen molar-refractivity contribution in [2.75, 3.05) is 12.5 Å². The molecule has 84 valence electrons. The zero-order chi connectivity index (χ0) is 11.4. The summed E-state index contributed by atoms with van der Waals surface area (Å²) in [7, 11) is 0. The van der Waals surface area contributed by atoms with E-state index >= 15 is 0 Å². The molecule has 1 unspecified atom stereocenters. The van der Waals surface area contributed by atoms with E-state index in [-0.39, 0.29) is 5.75 Å². The molecule has 6 heteroatoms. The van der Waals surface area contributed by atoms with E-state index in [0.29, 0.717) is 16.5 Å². The Morgan fingerprint density at radius 2 is 1.93 bits per heavy atom. The minimum Gasteiger partial charge on any atom is -0.507 e. The van der Waals surface area contributed by atoms with Crippen LogP contribution < -0.4 is 0 Å². The number of ether oxygens (including phenoxy) is 1. The molecule has 2 nitrogen and oxygen atoms in total. The van der Waals surface area contributed by atoms with Gasteiger partial charge in [-0.15, -0.1) is 11.6 Å². The number of halogens is 4. The molecule has 1 aliphatic heterocycles. The Bertz CT molecular complexity index is 315. The molecule has 0 saturated carbocycles. The Morgan fingerprint density at radius 1 is 1.33 bits per heavy atom. The van der Waals surface area contributed by atoms with E-state index in [2.05, 4.69) is 47.8 Å². The molecule has 1 heterocycles. The number of rotatable bonds is 1. The fourth-order valence-corrected chi connectivity index (χ4v) is 2.13. The number of phenolic OH excluding ortho intramolecular Hbond substituents is 1. The molecule has 0 amide bonds. The first-order chi connectivity index (χ1) is 7.06. The van der Waals surface area contributed by atoms with Crippen LogP contribution in [-0.4, -0.2) is 23.7 Å². The van der Waals surface area contributed by atoms with Crippen LogP contribution in [0.1, 0.15) is 0 Å². The van der Waals surface area contributed by atoms with Crippen molar-refractivity contribution in [3.05, 3.63) is 25.6 Å². The first kappa shape index (κ1) is 13.8. The van der Waals surface area contributed by atoms with E-state index in [0.717, 1.165) is 15.6 Å². The summed E-state index contributed by atoms with van der Waals surface area (Å²) in [4.78, 5) is 0. The van der Waals surface area contributed by atoms with Crippen molar-refractivity contribution in [2.24, 2.45) is 0 Å². The smallest absolute Gasteiger partial charge is 0.130 e. The molecule has 0 bridgehead atoms.